The van der Waals surface area contributed by atoms with E-state index in [-0.39, 0.29) is 18.5 Å². The van der Waals surface area contributed by atoms with Crippen LogP contribution in [0, 0.1) is 0 Å². The molecule has 6 heteroatoms. The Morgan fingerprint density at radius 2 is 1.79 bits per heavy atom. The Morgan fingerprint density at radius 1 is 1.00 bits per heavy atom. The number of para-hydroxylation sites is 1. The van der Waals surface area contributed by atoms with Gasteiger partial charge in [-0.25, -0.2) is 9.67 Å². The molecule has 0 fully saturated rings. The third kappa shape index (κ3) is 3.71. The summed E-state index contributed by atoms with van der Waals surface area (Å²) in [5.74, 6) is 0.707. The maximum atomic E-state index is 12.7. The number of aromatic nitrogens is 4. The van der Waals surface area contributed by atoms with Crippen molar-refractivity contribution >= 4 is 5.91 Å². The van der Waals surface area contributed by atoms with Gasteiger partial charge in [-0.15, -0.1) is 0 Å². The zero-order chi connectivity index (χ0) is 19.3. The highest BCUT2D eigenvalue weighted by Gasteiger charge is 2.16. The standard InChI is InChI=1S/C22H21N5O/c1-17(19-10-5-6-11-20(19)27-14-7-12-24-27)25-21(28)16-26-15-13-23-22(26)18-8-3-2-4-9-18/h2-15,17H,16H2,1H3,(H,25,28)/t17-/m0/s1. The highest BCUT2D eigenvalue weighted by molar-refractivity contribution is 5.77. The first-order valence-electron chi connectivity index (χ1n) is 9.17. The monoisotopic (exact) mass is 371 g/mol. The van der Waals surface area contributed by atoms with Crippen molar-refractivity contribution in [3.8, 4) is 17.1 Å². The lowest BCUT2D eigenvalue weighted by atomic mass is 10.1. The Labute approximate surface area is 163 Å². The summed E-state index contributed by atoms with van der Waals surface area (Å²) in [6, 6.07) is 19.5. The van der Waals surface area contributed by atoms with Crippen LogP contribution in [-0.2, 0) is 11.3 Å². The van der Waals surface area contributed by atoms with Crippen molar-refractivity contribution in [1.82, 2.24) is 24.6 Å². The molecule has 2 heterocycles. The van der Waals surface area contributed by atoms with Gasteiger partial charge in [-0.2, -0.15) is 5.10 Å². The van der Waals surface area contributed by atoms with Crippen molar-refractivity contribution in [2.45, 2.75) is 19.5 Å². The van der Waals surface area contributed by atoms with Gasteiger partial charge in [-0.05, 0) is 24.6 Å². The molecule has 0 aliphatic carbocycles. The lowest BCUT2D eigenvalue weighted by Crippen LogP contribution is -2.30. The van der Waals surface area contributed by atoms with E-state index in [4.69, 9.17) is 0 Å². The Morgan fingerprint density at radius 3 is 2.57 bits per heavy atom. The summed E-state index contributed by atoms with van der Waals surface area (Å²) in [4.78, 5) is 17.1. The van der Waals surface area contributed by atoms with E-state index in [1.807, 2.05) is 84.5 Å². The minimum absolute atomic E-state index is 0.0713. The van der Waals surface area contributed by atoms with E-state index < -0.39 is 0 Å². The minimum atomic E-state index is -0.156. The normalized spacial score (nSPS) is 11.9. The Balaban J connectivity index is 1.50. The molecule has 0 unspecified atom stereocenters. The van der Waals surface area contributed by atoms with Crippen molar-refractivity contribution in [2.24, 2.45) is 0 Å². The smallest absolute Gasteiger partial charge is 0.240 e. The van der Waals surface area contributed by atoms with Gasteiger partial charge in [0.2, 0.25) is 5.91 Å². The maximum absolute atomic E-state index is 12.7. The van der Waals surface area contributed by atoms with Gasteiger partial charge in [0.25, 0.3) is 0 Å². The number of rotatable bonds is 6. The lowest BCUT2D eigenvalue weighted by Gasteiger charge is -2.18. The molecule has 2 aromatic heterocycles. The van der Waals surface area contributed by atoms with Crippen LogP contribution in [-0.4, -0.2) is 25.2 Å². The second-order valence-electron chi connectivity index (χ2n) is 6.54. The van der Waals surface area contributed by atoms with E-state index in [0.29, 0.717) is 0 Å². The van der Waals surface area contributed by atoms with Crippen molar-refractivity contribution in [3.05, 3.63) is 91.0 Å². The van der Waals surface area contributed by atoms with Crippen LogP contribution in [0.3, 0.4) is 0 Å². The molecule has 28 heavy (non-hydrogen) atoms. The van der Waals surface area contributed by atoms with Crippen LogP contribution >= 0.6 is 0 Å². The van der Waals surface area contributed by atoms with Crippen LogP contribution in [0.25, 0.3) is 17.1 Å². The van der Waals surface area contributed by atoms with Crippen molar-refractivity contribution in [2.75, 3.05) is 0 Å². The molecule has 0 spiro atoms. The third-order valence-corrected chi connectivity index (χ3v) is 4.59. The summed E-state index contributed by atoms with van der Waals surface area (Å²) in [7, 11) is 0. The predicted molar refractivity (Wildman–Crippen MR) is 108 cm³/mol. The number of hydrogen-bond acceptors (Lipinski definition) is 3. The molecular weight excluding hydrogens is 350 g/mol. The van der Waals surface area contributed by atoms with Crippen molar-refractivity contribution in [1.29, 1.82) is 0 Å². The van der Waals surface area contributed by atoms with E-state index in [1.165, 1.54) is 0 Å². The number of carbonyl (C=O) groups is 1. The number of hydrogen-bond donors (Lipinski definition) is 1. The molecule has 0 bridgehead atoms. The zero-order valence-electron chi connectivity index (χ0n) is 15.6. The summed E-state index contributed by atoms with van der Waals surface area (Å²) in [6.07, 6.45) is 7.17. The highest BCUT2D eigenvalue weighted by Crippen LogP contribution is 2.21. The van der Waals surface area contributed by atoms with Crippen LogP contribution in [0.15, 0.2) is 85.5 Å². The number of nitrogens with one attached hydrogen (secondary N) is 1. The molecule has 0 aliphatic heterocycles. The van der Waals surface area contributed by atoms with E-state index in [0.717, 1.165) is 22.6 Å². The first kappa shape index (κ1) is 17.7. The second-order valence-corrected chi connectivity index (χ2v) is 6.54. The van der Waals surface area contributed by atoms with Gasteiger partial charge in [0, 0.05) is 30.4 Å². The highest BCUT2D eigenvalue weighted by atomic mass is 16.2. The van der Waals surface area contributed by atoms with Crippen LogP contribution in [0.5, 0.6) is 0 Å². The quantitative estimate of drug-likeness (QED) is 0.563. The third-order valence-electron chi connectivity index (χ3n) is 4.59. The van der Waals surface area contributed by atoms with Crippen molar-refractivity contribution in [3.63, 3.8) is 0 Å². The number of benzene rings is 2. The number of amides is 1. The van der Waals surface area contributed by atoms with Gasteiger partial charge in [-0.1, -0.05) is 48.5 Å². The maximum Gasteiger partial charge on any atom is 0.240 e. The van der Waals surface area contributed by atoms with Gasteiger partial charge in [0.15, 0.2) is 0 Å². The molecule has 140 valence electrons. The average Bonchev–Trinajstić information content (AvgIpc) is 3.41. The van der Waals surface area contributed by atoms with E-state index in [2.05, 4.69) is 15.4 Å². The van der Waals surface area contributed by atoms with Gasteiger partial charge < -0.3 is 9.88 Å². The number of carbonyl (C=O) groups excluding carboxylic acids is 1. The van der Waals surface area contributed by atoms with Gasteiger partial charge in [0.1, 0.15) is 12.4 Å². The fourth-order valence-corrected chi connectivity index (χ4v) is 3.28. The Bertz CT molecular complexity index is 1050. The molecule has 6 nitrogen and oxygen atoms in total. The SMILES string of the molecule is C[C@H](NC(=O)Cn1ccnc1-c1ccccc1)c1ccccc1-n1cccn1. The predicted octanol–water partition coefficient (Wildman–Crippen LogP) is 3.61. The topological polar surface area (TPSA) is 64.7 Å². The second kappa shape index (κ2) is 7.92. The number of imidazole rings is 1. The summed E-state index contributed by atoms with van der Waals surface area (Å²) >= 11 is 0. The van der Waals surface area contributed by atoms with E-state index in [1.54, 1.807) is 17.1 Å². The largest absolute Gasteiger partial charge is 0.348 e. The lowest BCUT2D eigenvalue weighted by molar-refractivity contribution is -0.122. The molecule has 1 amide bonds. The molecule has 0 aliphatic rings. The zero-order valence-corrected chi connectivity index (χ0v) is 15.6. The van der Waals surface area contributed by atoms with Crippen LogP contribution in [0.2, 0.25) is 0 Å². The van der Waals surface area contributed by atoms with E-state index >= 15 is 0 Å². The summed E-state index contributed by atoms with van der Waals surface area (Å²) in [6.45, 7) is 2.19. The molecule has 1 atom stereocenters. The summed E-state index contributed by atoms with van der Waals surface area (Å²) in [5, 5.41) is 7.39. The molecule has 4 rings (SSSR count). The molecular formula is C22H21N5O. The molecule has 2 aromatic carbocycles. The fourth-order valence-electron chi connectivity index (χ4n) is 3.28. The molecule has 0 radical (unpaired) electrons. The first-order chi connectivity index (χ1) is 13.7. The molecule has 0 saturated carbocycles. The first-order valence-corrected chi connectivity index (χ1v) is 9.17. The van der Waals surface area contributed by atoms with Crippen LogP contribution in [0.1, 0.15) is 18.5 Å². The number of nitrogens with zero attached hydrogens (tertiary/aromatic N) is 4. The minimum Gasteiger partial charge on any atom is -0.348 e. The Hall–Kier alpha value is -3.67. The molecule has 0 saturated heterocycles. The fraction of sp³-hybridized carbons (Fsp3) is 0.136. The summed E-state index contributed by atoms with van der Waals surface area (Å²) < 4.78 is 3.66. The van der Waals surface area contributed by atoms with Crippen LogP contribution < -0.4 is 5.32 Å². The van der Waals surface area contributed by atoms with Gasteiger partial charge in [0.05, 0.1) is 11.7 Å². The van der Waals surface area contributed by atoms with Gasteiger partial charge in [-0.3, -0.25) is 4.79 Å². The Kier molecular flexibility index (Phi) is 5.01. The van der Waals surface area contributed by atoms with Crippen molar-refractivity contribution < 1.29 is 4.79 Å². The average molecular weight is 371 g/mol. The van der Waals surface area contributed by atoms with Crippen LogP contribution in [0.4, 0.5) is 0 Å². The summed E-state index contributed by atoms with van der Waals surface area (Å²) in [5.41, 5.74) is 2.94. The molecule has 1 N–H and O–H groups in total. The molecule has 4 aromatic rings. The van der Waals surface area contributed by atoms with Gasteiger partial charge >= 0.3 is 0 Å². The van der Waals surface area contributed by atoms with E-state index in [9.17, 15) is 4.79 Å².